The molecular formula is C24H21ClN6O. The van der Waals surface area contributed by atoms with Crippen molar-refractivity contribution in [1.29, 1.82) is 0 Å². The van der Waals surface area contributed by atoms with Gasteiger partial charge in [-0.15, -0.1) is 0 Å². The Labute approximate surface area is 190 Å². The van der Waals surface area contributed by atoms with E-state index < -0.39 is 0 Å². The summed E-state index contributed by atoms with van der Waals surface area (Å²) in [6.07, 6.45) is 1.71. The van der Waals surface area contributed by atoms with Crippen LogP contribution in [-0.4, -0.2) is 40.7 Å². The lowest BCUT2D eigenvalue weighted by molar-refractivity contribution is 0.589. The number of aryl methyl sites for hydroxylation is 1. The van der Waals surface area contributed by atoms with Crippen LogP contribution in [0.1, 0.15) is 0 Å². The molecule has 2 N–H and O–H groups in total. The summed E-state index contributed by atoms with van der Waals surface area (Å²) in [7, 11) is 1.70. The van der Waals surface area contributed by atoms with Crippen molar-refractivity contribution < 1.29 is 0 Å². The number of fused-ring (bicyclic) bond motifs is 1. The maximum Gasteiger partial charge on any atom is 0.259 e. The lowest BCUT2D eigenvalue weighted by Gasteiger charge is -2.29. The first-order valence-corrected chi connectivity index (χ1v) is 10.7. The fraction of sp³-hybridized carbons (Fsp3) is 0.208. The summed E-state index contributed by atoms with van der Waals surface area (Å²) >= 11 is 6.27. The van der Waals surface area contributed by atoms with Gasteiger partial charge >= 0.3 is 0 Å². The minimum atomic E-state index is -0.190. The molecular weight excluding hydrogens is 424 g/mol. The zero-order chi connectivity index (χ0) is 22.1. The van der Waals surface area contributed by atoms with Gasteiger partial charge < -0.3 is 15.5 Å². The van der Waals surface area contributed by atoms with Crippen molar-refractivity contribution in [3.05, 3.63) is 76.2 Å². The zero-order valence-corrected chi connectivity index (χ0v) is 18.3. The summed E-state index contributed by atoms with van der Waals surface area (Å²) in [6, 6.07) is 18.9. The number of hydrogen-bond acceptors (Lipinski definition) is 6. The van der Waals surface area contributed by atoms with E-state index in [1.807, 2.05) is 12.1 Å². The molecule has 0 atom stereocenters. The Hall–Kier alpha value is -3.60. The smallest absolute Gasteiger partial charge is 0.259 e. The van der Waals surface area contributed by atoms with Gasteiger partial charge in [-0.3, -0.25) is 9.36 Å². The van der Waals surface area contributed by atoms with Gasteiger partial charge in [0, 0.05) is 67.8 Å². The van der Waals surface area contributed by atoms with Gasteiger partial charge in [0.05, 0.1) is 10.6 Å². The van der Waals surface area contributed by atoms with E-state index in [2.05, 4.69) is 49.8 Å². The van der Waals surface area contributed by atoms with Crippen molar-refractivity contribution in [2.75, 3.05) is 36.4 Å². The van der Waals surface area contributed by atoms with Crippen molar-refractivity contribution >= 4 is 40.0 Å². The molecule has 2 aromatic carbocycles. The number of halogens is 1. The fourth-order valence-electron chi connectivity index (χ4n) is 3.90. The molecule has 1 aliphatic heterocycles. The maximum atomic E-state index is 13.0. The van der Waals surface area contributed by atoms with Crippen LogP contribution in [0.2, 0.25) is 5.02 Å². The maximum absolute atomic E-state index is 13.0. The quantitative estimate of drug-likeness (QED) is 0.502. The number of hydrogen-bond donors (Lipinski definition) is 2. The Kier molecular flexibility index (Phi) is 5.39. The molecule has 5 rings (SSSR count). The van der Waals surface area contributed by atoms with Gasteiger partial charge in [0.25, 0.3) is 5.56 Å². The summed E-state index contributed by atoms with van der Waals surface area (Å²) in [4.78, 5) is 24.4. The van der Waals surface area contributed by atoms with E-state index in [-0.39, 0.29) is 5.56 Å². The van der Waals surface area contributed by atoms with E-state index in [1.54, 1.807) is 31.4 Å². The van der Waals surface area contributed by atoms with E-state index >= 15 is 0 Å². The highest BCUT2D eigenvalue weighted by Crippen LogP contribution is 2.27. The summed E-state index contributed by atoms with van der Waals surface area (Å²) < 4.78 is 1.52. The Morgan fingerprint density at radius 3 is 2.75 bits per heavy atom. The summed E-state index contributed by atoms with van der Waals surface area (Å²) in [5.74, 6) is 0.429. The monoisotopic (exact) mass is 444 g/mol. The molecule has 3 heterocycles. The topological polar surface area (TPSA) is 75.1 Å². The third-order valence-electron chi connectivity index (χ3n) is 5.58. The number of rotatable bonds is 4. The second-order valence-electron chi connectivity index (χ2n) is 7.65. The molecule has 1 saturated heterocycles. The highest BCUT2D eigenvalue weighted by atomic mass is 35.5. The lowest BCUT2D eigenvalue weighted by atomic mass is 10.1. The highest BCUT2D eigenvalue weighted by molar-refractivity contribution is 6.33. The van der Waals surface area contributed by atoms with Crippen LogP contribution in [0.15, 0.2) is 53.5 Å². The Bertz CT molecular complexity index is 1350. The minimum absolute atomic E-state index is 0.190. The van der Waals surface area contributed by atoms with Crippen molar-refractivity contribution in [3.63, 3.8) is 0 Å². The van der Waals surface area contributed by atoms with Gasteiger partial charge in [0.2, 0.25) is 5.95 Å². The molecule has 4 aromatic rings. The molecule has 7 nitrogen and oxygen atoms in total. The Morgan fingerprint density at radius 1 is 1.12 bits per heavy atom. The van der Waals surface area contributed by atoms with Crippen LogP contribution in [-0.2, 0) is 7.05 Å². The molecule has 160 valence electrons. The predicted octanol–water partition coefficient (Wildman–Crippen LogP) is 3.40. The first-order valence-electron chi connectivity index (χ1n) is 10.4. The molecule has 0 aliphatic carbocycles. The standard InChI is InChI=1S/C24H21ClN6O/c1-30-22-16(13-20(23(30)32)19-7-2-3-8-21(19)25)15-27-24(29-22)28-17-5-4-6-18(14-17)31-11-9-26-10-12-31/h4-8,13-15,26H,9-12H2,1H3,(H,27,28,29). The second kappa shape index (κ2) is 8.50. The second-order valence-corrected chi connectivity index (χ2v) is 8.05. The van der Waals surface area contributed by atoms with Crippen LogP contribution in [0.5, 0.6) is 0 Å². The number of nitrogens with one attached hydrogen (secondary N) is 2. The third kappa shape index (κ3) is 3.86. The molecule has 0 saturated carbocycles. The molecule has 0 radical (unpaired) electrons. The molecule has 0 bridgehead atoms. The van der Waals surface area contributed by atoms with Crippen LogP contribution in [0.4, 0.5) is 17.3 Å². The molecule has 32 heavy (non-hydrogen) atoms. The molecule has 0 amide bonds. The van der Waals surface area contributed by atoms with Gasteiger partial charge in [0.1, 0.15) is 5.65 Å². The van der Waals surface area contributed by atoms with Crippen LogP contribution in [0.25, 0.3) is 22.2 Å². The summed E-state index contributed by atoms with van der Waals surface area (Å²) in [6.45, 7) is 3.90. The number of benzene rings is 1. The van der Waals surface area contributed by atoms with Crippen LogP contribution < -0.4 is 21.1 Å². The van der Waals surface area contributed by atoms with Gasteiger partial charge in [-0.25, -0.2) is 4.98 Å². The molecule has 1 aliphatic rings. The fourth-order valence-corrected chi connectivity index (χ4v) is 4.12. The van der Waals surface area contributed by atoms with E-state index in [0.29, 0.717) is 27.7 Å². The van der Waals surface area contributed by atoms with Gasteiger partial charge in [-0.1, -0.05) is 29.8 Å². The highest BCUT2D eigenvalue weighted by Gasteiger charge is 2.14. The Morgan fingerprint density at radius 2 is 1.94 bits per heavy atom. The van der Waals surface area contributed by atoms with E-state index in [4.69, 9.17) is 11.6 Å². The lowest BCUT2D eigenvalue weighted by Crippen LogP contribution is -2.43. The molecule has 1 fully saturated rings. The molecule has 2 aromatic heterocycles. The summed E-state index contributed by atoms with van der Waals surface area (Å²) in [5.41, 5.74) is 3.48. The number of anilines is 3. The van der Waals surface area contributed by atoms with Gasteiger partial charge in [-0.05, 0) is 30.3 Å². The minimum Gasteiger partial charge on any atom is -0.369 e. The number of piperazine rings is 1. The van der Waals surface area contributed by atoms with Crippen molar-refractivity contribution in [1.82, 2.24) is 19.9 Å². The molecule has 0 unspecified atom stereocenters. The van der Waals surface area contributed by atoms with E-state index in [0.717, 1.165) is 42.9 Å². The van der Waals surface area contributed by atoms with E-state index in [9.17, 15) is 4.79 Å². The van der Waals surface area contributed by atoms with Crippen molar-refractivity contribution in [2.24, 2.45) is 7.05 Å². The third-order valence-corrected chi connectivity index (χ3v) is 5.89. The molecule has 8 heteroatoms. The molecule has 0 spiro atoms. The number of nitrogens with zero attached hydrogens (tertiary/aromatic N) is 4. The zero-order valence-electron chi connectivity index (χ0n) is 17.5. The average Bonchev–Trinajstić information content (AvgIpc) is 2.83. The van der Waals surface area contributed by atoms with Gasteiger partial charge in [0.15, 0.2) is 0 Å². The van der Waals surface area contributed by atoms with Crippen LogP contribution in [0, 0.1) is 12.1 Å². The van der Waals surface area contributed by atoms with Crippen LogP contribution in [0.3, 0.4) is 0 Å². The number of pyridine rings is 1. The first kappa shape index (κ1) is 20.3. The summed E-state index contributed by atoms with van der Waals surface area (Å²) in [5, 5.41) is 7.82. The van der Waals surface area contributed by atoms with Crippen molar-refractivity contribution in [2.45, 2.75) is 0 Å². The van der Waals surface area contributed by atoms with Crippen molar-refractivity contribution in [3.8, 4) is 11.1 Å². The number of aromatic nitrogens is 3. The SMILES string of the molecule is Cn1c(=O)c(-c2cc#ccc2Cl)cc2cnc(Nc3cccc(N4CCNCC4)c3)nc21. The van der Waals surface area contributed by atoms with Crippen LogP contribution >= 0.6 is 11.6 Å². The largest absolute Gasteiger partial charge is 0.369 e. The Balaban J connectivity index is 1.48. The van der Waals surface area contributed by atoms with Gasteiger partial charge in [-0.2, -0.15) is 4.98 Å². The van der Waals surface area contributed by atoms with E-state index in [1.165, 1.54) is 4.57 Å². The first-order chi connectivity index (χ1) is 15.6. The predicted molar refractivity (Wildman–Crippen MR) is 128 cm³/mol. The normalized spacial score (nSPS) is 13.8. The average molecular weight is 445 g/mol.